The summed E-state index contributed by atoms with van der Waals surface area (Å²) >= 11 is 0. The number of piperidine rings is 1. The van der Waals surface area contributed by atoms with Crippen molar-refractivity contribution >= 4 is 11.9 Å². The molecular weight excluding hydrogens is 316 g/mol. The van der Waals surface area contributed by atoms with Gasteiger partial charge in [-0.2, -0.15) is 0 Å². The van der Waals surface area contributed by atoms with E-state index in [1.165, 1.54) is 5.56 Å². The number of nitrogens with zero attached hydrogens (tertiary/aromatic N) is 3. The molecule has 6 nitrogen and oxygen atoms in total. The Bertz CT molecular complexity index is 668. The summed E-state index contributed by atoms with van der Waals surface area (Å²) in [4.78, 5) is 22.8. The van der Waals surface area contributed by atoms with Gasteiger partial charge < -0.3 is 10.1 Å². The van der Waals surface area contributed by atoms with Crippen molar-refractivity contribution in [1.29, 1.82) is 0 Å². The third-order valence-corrected chi connectivity index (χ3v) is 4.40. The molecule has 0 radical (unpaired) electrons. The summed E-state index contributed by atoms with van der Waals surface area (Å²) in [6.45, 7) is 4.81. The quantitative estimate of drug-likeness (QED) is 0.644. The minimum absolute atomic E-state index is 0.0206. The Labute approximate surface area is 148 Å². The second-order valence-electron chi connectivity index (χ2n) is 6.40. The number of aryl methyl sites for hydroxylation is 1. The van der Waals surface area contributed by atoms with Gasteiger partial charge in [0.1, 0.15) is 0 Å². The van der Waals surface area contributed by atoms with Crippen LogP contribution in [0.4, 0.5) is 5.95 Å². The van der Waals surface area contributed by atoms with Crippen molar-refractivity contribution in [2.45, 2.75) is 26.3 Å². The molecule has 0 aliphatic carbocycles. The van der Waals surface area contributed by atoms with Crippen LogP contribution < -0.4 is 5.32 Å². The molecule has 0 bridgehead atoms. The smallest absolute Gasteiger partial charge is 0.310 e. The fourth-order valence-corrected chi connectivity index (χ4v) is 2.94. The Kier molecular flexibility index (Phi) is 5.95. The van der Waals surface area contributed by atoms with E-state index in [1.54, 1.807) is 12.4 Å². The molecule has 1 aliphatic rings. The lowest BCUT2D eigenvalue weighted by Gasteiger charge is -2.30. The number of anilines is 1. The Morgan fingerprint density at radius 2 is 1.88 bits per heavy atom. The standard InChI is InChI=1S/C19H24N4O2/c1-15-11-20-19(21-12-15)22-14-25-18(24)17-7-9-23(10-8-17)13-16-5-3-2-4-6-16/h2-6,11-12,17H,7-10,13-14H2,1H3,(H,20,21,22). The highest BCUT2D eigenvalue weighted by molar-refractivity contribution is 5.72. The second-order valence-corrected chi connectivity index (χ2v) is 6.40. The molecule has 0 atom stereocenters. The van der Waals surface area contributed by atoms with Crippen LogP contribution in [0.3, 0.4) is 0 Å². The highest BCUT2D eigenvalue weighted by Crippen LogP contribution is 2.20. The van der Waals surface area contributed by atoms with Crippen LogP contribution in [-0.4, -0.2) is 40.7 Å². The fraction of sp³-hybridized carbons (Fsp3) is 0.421. The predicted molar refractivity (Wildman–Crippen MR) is 95.8 cm³/mol. The second kappa shape index (κ2) is 8.58. The number of carbonyl (C=O) groups is 1. The number of hydrogen-bond acceptors (Lipinski definition) is 6. The van der Waals surface area contributed by atoms with Gasteiger partial charge in [0.25, 0.3) is 0 Å². The maximum atomic E-state index is 12.2. The number of benzene rings is 1. The maximum Gasteiger partial charge on any atom is 0.310 e. The van der Waals surface area contributed by atoms with Gasteiger partial charge in [0.15, 0.2) is 6.73 Å². The van der Waals surface area contributed by atoms with Gasteiger partial charge in [0, 0.05) is 18.9 Å². The third kappa shape index (κ3) is 5.26. The van der Waals surface area contributed by atoms with Gasteiger partial charge in [0.2, 0.25) is 5.95 Å². The molecule has 0 saturated carbocycles. The highest BCUT2D eigenvalue weighted by atomic mass is 16.5. The van der Waals surface area contributed by atoms with E-state index in [4.69, 9.17) is 4.74 Å². The molecule has 0 amide bonds. The van der Waals surface area contributed by atoms with Crippen LogP contribution in [0.1, 0.15) is 24.0 Å². The molecule has 0 unspecified atom stereocenters. The maximum absolute atomic E-state index is 12.2. The zero-order valence-corrected chi connectivity index (χ0v) is 14.5. The third-order valence-electron chi connectivity index (χ3n) is 4.40. The average Bonchev–Trinajstić information content (AvgIpc) is 2.65. The van der Waals surface area contributed by atoms with Gasteiger partial charge in [-0.3, -0.25) is 9.69 Å². The van der Waals surface area contributed by atoms with E-state index in [-0.39, 0.29) is 18.6 Å². The summed E-state index contributed by atoms with van der Waals surface area (Å²) in [6, 6.07) is 10.4. The molecular formula is C19H24N4O2. The van der Waals surface area contributed by atoms with Gasteiger partial charge in [-0.25, -0.2) is 9.97 Å². The van der Waals surface area contributed by atoms with Gasteiger partial charge >= 0.3 is 5.97 Å². The van der Waals surface area contributed by atoms with E-state index in [9.17, 15) is 4.79 Å². The van der Waals surface area contributed by atoms with Gasteiger partial charge in [-0.15, -0.1) is 0 Å². The van der Waals surface area contributed by atoms with Crippen LogP contribution >= 0.6 is 0 Å². The molecule has 25 heavy (non-hydrogen) atoms. The van der Waals surface area contributed by atoms with E-state index in [1.807, 2.05) is 13.0 Å². The van der Waals surface area contributed by atoms with Crippen molar-refractivity contribution in [3.05, 3.63) is 53.9 Å². The first kappa shape index (κ1) is 17.4. The van der Waals surface area contributed by atoms with Gasteiger partial charge in [0.05, 0.1) is 5.92 Å². The van der Waals surface area contributed by atoms with Crippen LogP contribution in [-0.2, 0) is 16.1 Å². The highest BCUT2D eigenvalue weighted by Gasteiger charge is 2.26. The molecule has 1 fully saturated rings. The van der Waals surface area contributed by atoms with E-state index < -0.39 is 0 Å². The van der Waals surface area contributed by atoms with E-state index in [2.05, 4.69) is 44.5 Å². The number of nitrogens with one attached hydrogen (secondary N) is 1. The average molecular weight is 340 g/mol. The molecule has 0 spiro atoms. The van der Waals surface area contributed by atoms with E-state index >= 15 is 0 Å². The van der Waals surface area contributed by atoms with Crippen LogP contribution in [0.15, 0.2) is 42.7 Å². The number of aromatic nitrogens is 2. The van der Waals surface area contributed by atoms with Gasteiger partial charge in [-0.05, 0) is 44.0 Å². The molecule has 2 heterocycles. The van der Waals surface area contributed by atoms with Crippen LogP contribution in [0.25, 0.3) is 0 Å². The van der Waals surface area contributed by atoms with Crippen molar-refractivity contribution in [3.63, 3.8) is 0 Å². The molecule has 6 heteroatoms. The zero-order chi connectivity index (χ0) is 17.5. The zero-order valence-electron chi connectivity index (χ0n) is 14.5. The van der Waals surface area contributed by atoms with Crippen LogP contribution in [0.2, 0.25) is 0 Å². The monoisotopic (exact) mass is 340 g/mol. The number of hydrogen-bond donors (Lipinski definition) is 1. The summed E-state index contributed by atoms with van der Waals surface area (Å²) in [5, 5.41) is 2.91. The number of rotatable bonds is 6. The first-order valence-corrected chi connectivity index (χ1v) is 8.66. The van der Waals surface area contributed by atoms with Crippen LogP contribution in [0, 0.1) is 12.8 Å². The molecule has 132 valence electrons. The fourth-order valence-electron chi connectivity index (χ4n) is 2.94. The van der Waals surface area contributed by atoms with Crippen molar-refractivity contribution in [2.75, 3.05) is 25.1 Å². The molecule has 1 N–H and O–H groups in total. The first-order valence-electron chi connectivity index (χ1n) is 8.66. The summed E-state index contributed by atoms with van der Waals surface area (Å²) in [5.41, 5.74) is 2.30. The molecule has 1 aromatic heterocycles. The largest absolute Gasteiger partial charge is 0.444 e. The first-order chi connectivity index (χ1) is 12.2. The summed E-state index contributed by atoms with van der Waals surface area (Å²) < 4.78 is 5.32. The lowest BCUT2D eigenvalue weighted by atomic mass is 9.96. The van der Waals surface area contributed by atoms with E-state index in [0.717, 1.165) is 38.0 Å². The van der Waals surface area contributed by atoms with Crippen molar-refractivity contribution in [2.24, 2.45) is 5.92 Å². The molecule has 3 rings (SSSR count). The Hall–Kier alpha value is -2.47. The Morgan fingerprint density at radius 1 is 1.20 bits per heavy atom. The normalized spacial score (nSPS) is 15.7. The summed E-state index contributed by atoms with van der Waals surface area (Å²) in [7, 11) is 0. The number of likely N-dealkylation sites (tertiary alicyclic amines) is 1. The minimum Gasteiger partial charge on any atom is -0.444 e. The Morgan fingerprint density at radius 3 is 2.56 bits per heavy atom. The summed E-state index contributed by atoms with van der Waals surface area (Å²) in [5.74, 6) is 0.308. The SMILES string of the molecule is Cc1cnc(NCOC(=O)C2CCN(Cc3ccccc3)CC2)nc1. The molecule has 1 saturated heterocycles. The topological polar surface area (TPSA) is 67.4 Å². The van der Waals surface area contributed by atoms with E-state index in [0.29, 0.717) is 5.95 Å². The molecule has 1 aromatic carbocycles. The minimum atomic E-state index is -0.140. The lowest BCUT2D eigenvalue weighted by Crippen LogP contribution is -2.36. The lowest BCUT2D eigenvalue weighted by molar-refractivity contribution is -0.149. The van der Waals surface area contributed by atoms with Crippen molar-refractivity contribution in [3.8, 4) is 0 Å². The Balaban J connectivity index is 1.37. The molecule has 2 aromatic rings. The van der Waals surface area contributed by atoms with Gasteiger partial charge in [-0.1, -0.05) is 30.3 Å². The number of carbonyl (C=O) groups excluding carboxylic acids is 1. The van der Waals surface area contributed by atoms with Crippen molar-refractivity contribution < 1.29 is 9.53 Å². The van der Waals surface area contributed by atoms with Crippen LogP contribution in [0.5, 0.6) is 0 Å². The summed E-state index contributed by atoms with van der Waals surface area (Å²) in [6.07, 6.45) is 5.12. The number of ether oxygens (including phenoxy) is 1. The predicted octanol–water partition coefficient (Wildman–Crippen LogP) is 2.61. The number of esters is 1. The van der Waals surface area contributed by atoms with Crippen molar-refractivity contribution in [1.82, 2.24) is 14.9 Å². The molecule has 1 aliphatic heterocycles.